The van der Waals surface area contributed by atoms with Gasteiger partial charge >= 0.3 is 0 Å². The minimum Gasteiger partial charge on any atom is -0.438 e. The maximum absolute atomic E-state index is 5.78. The van der Waals surface area contributed by atoms with Gasteiger partial charge in [0.15, 0.2) is 0 Å². The molecule has 1 N–H and O–H groups in total. The molecule has 0 bridgehead atoms. The van der Waals surface area contributed by atoms with E-state index in [1.165, 1.54) is 0 Å². The largest absolute Gasteiger partial charge is 0.438 e. The second-order valence-corrected chi connectivity index (χ2v) is 4.79. The quantitative estimate of drug-likeness (QED) is 0.880. The van der Waals surface area contributed by atoms with Gasteiger partial charge in [0.05, 0.1) is 17.6 Å². The number of pyridine rings is 1. The average Bonchev–Trinajstić information content (AvgIpc) is 2.75. The van der Waals surface area contributed by atoms with Crippen LogP contribution in [0.3, 0.4) is 0 Å². The summed E-state index contributed by atoms with van der Waals surface area (Å²) in [7, 11) is 1.86. The highest BCUT2D eigenvalue weighted by atomic mass is 16.5. The summed E-state index contributed by atoms with van der Waals surface area (Å²) in [4.78, 5) is 4.48. The highest BCUT2D eigenvalue weighted by Crippen LogP contribution is 2.22. The van der Waals surface area contributed by atoms with Crippen LogP contribution in [-0.4, -0.2) is 21.3 Å². The molecule has 20 heavy (non-hydrogen) atoms. The molecule has 0 saturated carbocycles. The van der Waals surface area contributed by atoms with E-state index in [0.29, 0.717) is 6.04 Å². The molecule has 0 aromatic carbocycles. The third kappa shape index (κ3) is 3.36. The molecule has 0 aliphatic carbocycles. The number of ether oxygens (including phenoxy) is 1. The predicted molar refractivity (Wildman–Crippen MR) is 79.0 cm³/mol. The lowest BCUT2D eigenvalue weighted by atomic mass is 10.1. The van der Waals surface area contributed by atoms with E-state index in [0.717, 1.165) is 36.0 Å². The van der Waals surface area contributed by atoms with Crippen molar-refractivity contribution < 1.29 is 4.74 Å². The Balaban J connectivity index is 2.10. The van der Waals surface area contributed by atoms with Crippen molar-refractivity contribution in [2.75, 3.05) is 6.54 Å². The van der Waals surface area contributed by atoms with Gasteiger partial charge < -0.3 is 10.1 Å². The Morgan fingerprint density at radius 3 is 2.65 bits per heavy atom. The molecule has 5 heteroatoms. The Bertz CT molecular complexity index is 548. The zero-order chi connectivity index (χ0) is 14.5. The summed E-state index contributed by atoms with van der Waals surface area (Å²) < 4.78 is 7.49. The minimum atomic E-state index is 0.299. The molecule has 0 amide bonds. The van der Waals surface area contributed by atoms with Crippen LogP contribution >= 0.6 is 0 Å². The maximum Gasteiger partial charge on any atom is 0.217 e. The molecule has 0 aliphatic heterocycles. The Morgan fingerprint density at radius 1 is 1.35 bits per heavy atom. The molecule has 0 radical (unpaired) electrons. The molecule has 2 aromatic rings. The van der Waals surface area contributed by atoms with E-state index in [-0.39, 0.29) is 0 Å². The van der Waals surface area contributed by atoms with Crippen molar-refractivity contribution in [3.63, 3.8) is 0 Å². The lowest BCUT2D eigenvalue weighted by Crippen LogP contribution is -2.20. The zero-order valence-electron chi connectivity index (χ0n) is 12.6. The summed E-state index contributed by atoms with van der Waals surface area (Å²) in [5, 5.41) is 7.66. The van der Waals surface area contributed by atoms with E-state index in [4.69, 9.17) is 4.74 Å². The Kier molecular flexibility index (Phi) is 4.74. The van der Waals surface area contributed by atoms with Crippen molar-refractivity contribution >= 4 is 0 Å². The van der Waals surface area contributed by atoms with E-state index in [9.17, 15) is 0 Å². The smallest absolute Gasteiger partial charge is 0.217 e. The first-order chi connectivity index (χ1) is 9.63. The number of hydrogen-bond donors (Lipinski definition) is 1. The highest BCUT2D eigenvalue weighted by Gasteiger charge is 2.10. The van der Waals surface area contributed by atoms with Gasteiger partial charge in [0.25, 0.3) is 0 Å². The summed E-state index contributed by atoms with van der Waals surface area (Å²) >= 11 is 0. The van der Waals surface area contributed by atoms with Gasteiger partial charge in [-0.25, -0.2) is 4.68 Å². The zero-order valence-corrected chi connectivity index (χ0v) is 12.6. The molecule has 2 rings (SSSR count). The van der Waals surface area contributed by atoms with Crippen molar-refractivity contribution in [3.05, 3.63) is 35.8 Å². The SMILES string of the molecule is CCNC(CC)c1ccc(Oc2cc(C)nn2C)cn1. The fourth-order valence-electron chi connectivity index (χ4n) is 2.17. The van der Waals surface area contributed by atoms with Gasteiger partial charge in [0.2, 0.25) is 5.88 Å². The Morgan fingerprint density at radius 2 is 2.15 bits per heavy atom. The molecule has 0 fully saturated rings. The summed E-state index contributed by atoms with van der Waals surface area (Å²) in [6, 6.07) is 6.16. The molecule has 2 heterocycles. The first kappa shape index (κ1) is 14.5. The molecule has 5 nitrogen and oxygen atoms in total. The standard InChI is InChI=1S/C15H22N4O/c1-5-13(16-6-2)14-8-7-12(10-17-14)20-15-9-11(3)18-19(15)4/h7-10,13,16H,5-6H2,1-4H3. The van der Waals surface area contributed by atoms with E-state index in [2.05, 4.69) is 29.2 Å². The van der Waals surface area contributed by atoms with Crippen LogP contribution in [-0.2, 0) is 7.05 Å². The van der Waals surface area contributed by atoms with Crippen molar-refractivity contribution in [3.8, 4) is 11.6 Å². The number of nitrogens with zero attached hydrogens (tertiary/aromatic N) is 3. The predicted octanol–water partition coefficient (Wildman–Crippen LogP) is 2.98. The lowest BCUT2D eigenvalue weighted by molar-refractivity contribution is 0.427. The first-order valence-electron chi connectivity index (χ1n) is 7.01. The van der Waals surface area contributed by atoms with Crippen LogP contribution < -0.4 is 10.1 Å². The van der Waals surface area contributed by atoms with E-state index < -0.39 is 0 Å². The number of rotatable bonds is 6. The number of nitrogens with one attached hydrogen (secondary N) is 1. The molecule has 0 spiro atoms. The first-order valence-corrected chi connectivity index (χ1v) is 7.01. The lowest BCUT2D eigenvalue weighted by Gasteiger charge is -2.15. The Labute approximate surface area is 120 Å². The molecule has 1 unspecified atom stereocenters. The van der Waals surface area contributed by atoms with Crippen LogP contribution in [0.25, 0.3) is 0 Å². The highest BCUT2D eigenvalue weighted by molar-refractivity contribution is 5.27. The third-order valence-corrected chi connectivity index (χ3v) is 3.16. The van der Waals surface area contributed by atoms with Gasteiger partial charge in [0, 0.05) is 19.2 Å². The average molecular weight is 274 g/mol. The maximum atomic E-state index is 5.78. The van der Waals surface area contributed by atoms with Gasteiger partial charge in [-0.3, -0.25) is 4.98 Å². The minimum absolute atomic E-state index is 0.299. The number of aryl methyl sites for hydroxylation is 2. The summed E-state index contributed by atoms with van der Waals surface area (Å²) in [6.07, 6.45) is 2.78. The fraction of sp³-hybridized carbons (Fsp3) is 0.467. The molecule has 2 aromatic heterocycles. The van der Waals surface area contributed by atoms with Gasteiger partial charge in [0.1, 0.15) is 5.75 Å². The molecule has 0 aliphatic rings. The van der Waals surface area contributed by atoms with Crippen LogP contribution in [0, 0.1) is 6.92 Å². The van der Waals surface area contributed by atoms with Crippen LogP contribution in [0.4, 0.5) is 0 Å². The van der Waals surface area contributed by atoms with E-state index in [1.807, 2.05) is 32.2 Å². The molecule has 0 saturated heterocycles. The fourth-order valence-corrected chi connectivity index (χ4v) is 2.17. The monoisotopic (exact) mass is 274 g/mol. The topological polar surface area (TPSA) is 52.0 Å². The Hall–Kier alpha value is -1.88. The van der Waals surface area contributed by atoms with Crippen LogP contribution in [0.2, 0.25) is 0 Å². The van der Waals surface area contributed by atoms with E-state index >= 15 is 0 Å². The van der Waals surface area contributed by atoms with Crippen LogP contribution in [0.1, 0.15) is 37.7 Å². The van der Waals surface area contributed by atoms with Crippen LogP contribution in [0.5, 0.6) is 11.6 Å². The van der Waals surface area contributed by atoms with Gasteiger partial charge in [-0.15, -0.1) is 0 Å². The summed E-state index contributed by atoms with van der Waals surface area (Å²) in [5.41, 5.74) is 1.98. The van der Waals surface area contributed by atoms with Crippen molar-refractivity contribution in [2.24, 2.45) is 7.05 Å². The van der Waals surface area contributed by atoms with Crippen LogP contribution in [0.15, 0.2) is 24.4 Å². The normalized spacial score (nSPS) is 12.4. The summed E-state index contributed by atoms with van der Waals surface area (Å²) in [6.45, 7) is 7.13. The second kappa shape index (κ2) is 6.52. The van der Waals surface area contributed by atoms with Gasteiger partial charge in [-0.1, -0.05) is 13.8 Å². The molecule has 1 atom stereocenters. The third-order valence-electron chi connectivity index (χ3n) is 3.16. The van der Waals surface area contributed by atoms with Crippen molar-refractivity contribution in [1.82, 2.24) is 20.1 Å². The number of aromatic nitrogens is 3. The van der Waals surface area contributed by atoms with Gasteiger partial charge in [-0.2, -0.15) is 5.10 Å². The molecular formula is C15H22N4O. The van der Waals surface area contributed by atoms with Crippen molar-refractivity contribution in [2.45, 2.75) is 33.2 Å². The molecule has 108 valence electrons. The van der Waals surface area contributed by atoms with Crippen molar-refractivity contribution in [1.29, 1.82) is 0 Å². The number of hydrogen-bond acceptors (Lipinski definition) is 4. The second-order valence-electron chi connectivity index (χ2n) is 4.79. The van der Waals surface area contributed by atoms with E-state index in [1.54, 1.807) is 10.9 Å². The summed E-state index contributed by atoms with van der Waals surface area (Å²) in [5.74, 6) is 1.44. The molecular weight excluding hydrogens is 252 g/mol. The van der Waals surface area contributed by atoms with Gasteiger partial charge in [-0.05, 0) is 32.0 Å².